The Kier molecular flexibility index (Phi) is 3.62. The van der Waals surface area contributed by atoms with E-state index in [0.29, 0.717) is 12.2 Å². The van der Waals surface area contributed by atoms with Crippen LogP contribution in [-0.2, 0) is 11.2 Å². The number of ether oxygens (including phenoxy) is 1. The van der Waals surface area contributed by atoms with Crippen LogP contribution in [0.15, 0.2) is 18.3 Å². The minimum atomic E-state index is -0.407. The summed E-state index contributed by atoms with van der Waals surface area (Å²) in [6, 6.07) is 3.84. The van der Waals surface area contributed by atoms with Crippen LogP contribution in [0, 0.1) is 6.92 Å². The summed E-state index contributed by atoms with van der Waals surface area (Å²) in [5, 5.41) is 0. The fourth-order valence-corrected chi connectivity index (χ4v) is 1.94. The van der Waals surface area contributed by atoms with Gasteiger partial charge in [-0.15, -0.1) is 0 Å². The van der Waals surface area contributed by atoms with E-state index in [9.17, 15) is 4.79 Å². The van der Waals surface area contributed by atoms with Gasteiger partial charge in [-0.05, 0) is 31.5 Å². The Morgan fingerprint density at radius 1 is 1.50 bits per heavy atom. The highest BCUT2D eigenvalue weighted by atomic mass is 16.5. The molecule has 0 aliphatic rings. The number of nitrogens with two attached hydrogens (primary N) is 1. The lowest BCUT2D eigenvalue weighted by atomic mass is 10.2. The number of carbonyl (C=O) groups excluding carboxylic acids is 1. The average molecular weight is 247 g/mol. The number of hydrogen-bond acceptors (Lipinski definition) is 4. The summed E-state index contributed by atoms with van der Waals surface area (Å²) in [5.41, 5.74) is 7.77. The molecule has 18 heavy (non-hydrogen) atoms. The van der Waals surface area contributed by atoms with Crippen molar-refractivity contribution >= 4 is 11.5 Å². The Bertz CT molecular complexity index is 575. The molecule has 2 aromatic rings. The van der Waals surface area contributed by atoms with Gasteiger partial charge in [-0.1, -0.05) is 6.07 Å². The summed E-state index contributed by atoms with van der Waals surface area (Å²) in [5.74, 6) is 0.440. The third-order valence-electron chi connectivity index (χ3n) is 2.84. The van der Waals surface area contributed by atoms with Crippen LogP contribution in [0.1, 0.15) is 28.3 Å². The monoisotopic (exact) mass is 247 g/mol. The lowest BCUT2D eigenvalue weighted by molar-refractivity contribution is 0.0597. The Morgan fingerprint density at radius 2 is 2.28 bits per heavy atom. The van der Waals surface area contributed by atoms with Crippen molar-refractivity contribution in [1.82, 2.24) is 9.38 Å². The van der Waals surface area contributed by atoms with Gasteiger partial charge >= 0.3 is 5.97 Å². The zero-order valence-corrected chi connectivity index (χ0v) is 10.6. The molecule has 0 aromatic carbocycles. The van der Waals surface area contributed by atoms with Crippen molar-refractivity contribution in [2.45, 2.75) is 19.8 Å². The number of fused-ring (bicyclic) bond motifs is 1. The fraction of sp³-hybridized carbons (Fsp3) is 0.385. The molecule has 0 aliphatic carbocycles. The number of pyridine rings is 1. The van der Waals surface area contributed by atoms with Gasteiger partial charge in [0.15, 0.2) is 5.69 Å². The van der Waals surface area contributed by atoms with Gasteiger partial charge in [0, 0.05) is 12.6 Å². The predicted octanol–water partition coefficient (Wildman–Crippen LogP) is 1.32. The molecule has 0 unspecified atom stereocenters. The summed E-state index contributed by atoms with van der Waals surface area (Å²) in [4.78, 5) is 16.0. The molecule has 0 amide bonds. The topological polar surface area (TPSA) is 69.6 Å². The Labute approximate surface area is 106 Å². The van der Waals surface area contributed by atoms with Crippen molar-refractivity contribution in [3.63, 3.8) is 0 Å². The SMILES string of the molecule is COC(=O)c1nc(CCCN)n2cc(C)ccc12. The molecule has 2 N–H and O–H groups in total. The van der Waals surface area contributed by atoms with E-state index in [1.807, 2.05) is 29.7 Å². The van der Waals surface area contributed by atoms with Gasteiger partial charge < -0.3 is 14.9 Å². The number of carbonyl (C=O) groups is 1. The van der Waals surface area contributed by atoms with Crippen molar-refractivity contribution in [2.24, 2.45) is 5.73 Å². The van der Waals surface area contributed by atoms with E-state index < -0.39 is 5.97 Å². The van der Waals surface area contributed by atoms with E-state index >= 15 is 0 Å². The van der Waals surface area contributed by atoms with Gasteiger partial charge in [0.05, 0.1) is 12.6 Å². The molecule has 0 aliphatic heterocycles. The first-order valence-electron chi connectivity index (χ1n) is 5.93. The van der Waals surface area contributed by atoms with Crippen LogP contribution >= 0.6 is 0 Å². The van der Waals surface area contributed by atoms with E-state index in [1.165, 1.54) is 7.11 Å². The van der Waals surface area contributed by atoms with Crippen LogP contribution < -0.4 is 5.73 Å². The number of imidazole rings is 1. The standard InChI is InChI=1S/C13H17N3O2/c1-9-5-6-10-12(13(17)18-2)15-11(4-3-7-14)16(10)8-9/h5-6,8H,3-4,7,14H2,1-2H3. The van der Waals surface area contributed by atoms with E-state index in [4.69, 9.17) is 10.5 Å². The van der Waals surface area contributed by atoms with Crippen molar-refractivity contribution in [3.05, 3.63) is 35.4 Å². The molecule has 5 nitrogen and oxygen atoms in total. The van der Waals surface area contributed by atoms with Crippen LogP contribution in [0.2, 0.25) is 0 Å². The third kappa shape index (κ3) is 2.22. The highest BCUT2D eigenvalue weighted by molar-refractivity contribution is 5.95. The molecule has 0 fully saturated rings. The largest absolute Gasteiger partial charge is 0.464 e. The average Bonchev–Trinajstić information content (AvgIpc) is 2.73. The number of methoxy groups -OCH3 is 1. The van der Waals surface area contributed by atoms with Gasteiger partial charge in [-0.25, -0.2) is 9.78 Å². The molecule has 0 spiro atoms. The Morgan fingerprint density at radius 3 is 2.94 bits per heavy atom. The first kappa shape index (κ1) is 12.6. The summed E-state index contributed by atoms with van der Waals surface area (Å²) in [6.07, 6.45) is 3.56. The van der Waals surface area contributed by atoms with Crippen LogP contribution in [0.4, 0.5) is 0 Å². The smallest absolute Gasteiger partial charge is 0.358 e. The van der Waals surface area contributed by atoms with Gasteiger partial charge in [-0.3, -0.25) is 0 Å². The first-order chi connectivity index (χ1) is 8.67. The lowest BCUT2D eigenvalue weighted by Gasteiger charge is -2.01. The van der Waals surface area contributed by atoms with Crippen LogP contribution in [0.5, 0.6) is 0 Å². The molecule has 0 bridgehead atoms. The van der Waals surface area contributed by atoms with E-state index in [-0.39, 0.29) is 0 Å². The minimum Gasteiger partial charge on any atom is -0.464 e. The summed E-state index contributed by atoms with van der Waals surface area (Å²) < 4.78 is 6.69. The van der Waals surface area contributed by atoms with E-state index in [1.54, 1.807) is 0 Å². The van der Waals surface area contributed by atoms with E-state index in [2.05, 4.69) is 4.98 Å². The van der Waals surface area contributed by atoms with Crippen molar-refractivity contribution < 1.29 is 9.53 Å². The van der Waals surface area contributed by atoms with Crippen molar-refractivity contribution in [1.29, 1.82) is 0 Å². The Balaban J connectivity index is 2.55. The van der Waals surface area contributed by atoms with Crippen LogP contribution in [0.3, 0.4) is 0 Å². The fourth-order valence-electron chi connectivity index (χ4n) is 1.94. The van der Waals surface area contributed by atoms with Crippen molar-refractivity contribution in [2.75, 3.05) is 13.7 Å². The Hall–Kier alpha value is -1.88. The maximum absolute atomic E-state index is 11.7. The minimum absolute atomic E-state index is 0.365. The van der Waals surface area contributed by atoms with Crippen LogP contribution in [-0.4, -0.2) is 29.0 Å². The summed E-state index contributed by atoms with van der Waals surface area (Å²) in [7, 11) is 1.36. The molecule has 0 radical (unpaired) electrons. The number of aryl methyl sites for hydroxylation is 2. The quantitative estimate of drug-likeness (QED) is 0.827. The van der Waals surface area contributed by atoms with Gasteiger partial charge in [-0.2, -0.15) is 0 Å². The van der Waals surface area contributed by atoms with Gasteiger partial charge in [0.2, 0.25) is 0 Å². The normalized spacial score (nSPS) is 10.8. The molecular formula is C13H17N3O2. The molecule has 0 saturated carbocycles. The molecule has 0 atom stereocenters. The maximum Gasteiger partial charge on any atom is 0.358 e. The second-order valence-electron chi connectivity index (χ2n) is 4.22. The van der Waals surface area contributed by atoms with E-state index in [0.717, 1.165) is 29.7 Å². The number of rotatable bonds is 4. The summed E-state index contributed by atoms with van der Waals surface area (Å²) in [6.45, 7) is 2.61. The molecule has 2 aromatic heterocycles. The number of aromatic nitrogens is 2. The summed E-state index contributed by atoms with van der Waals surface area (Å²) >= 11 is 0. The first-order valence-corrected chi connectivity index (χ1v) is 5.93. The number of nitrogens with zero attached hydrogens (tertiary/aromatic N) is 2. The third-order valence-corrected chi connectivity index (χ3v) is 2.84. The zero-order valence-electron chi connectivity index (χ0n) is 10.6. The zero-order chi connectivity index (χ0) is 13.1. The van der Waals surface area contributed by atoms with Crippen molar-refractivity contribution in [3.8, 4) is 0 Å². The number of hydrogen-bond donors (Lipinski definition) is 1. The molecule has 2 rings (SSSR count). The maximum atomic E-state index is 11.7. The number of esters is 1. The van der Waals surface area contributed by atoms with Gasteiger partial charge in [0.1, 0.15) is 5.82 Å². The second-order valence-corrected chi connectivity index (χ2v) is 4.22. The molecule has 0 saturated heterocycles. The second kappa shape index (κ2) is 5.18. The molecule has 96 valence electrons. The molecule has 2 heterocycles. The molecular weight excluding hydrogens is 230 g/mol. The highest BCUT2D eigenvalue weighted by Crippen LogP contribution is 2.16. The molecule has 5 heteroatoms. The predicted molar refractivity (Wildman–Crippen MR) is 68.6 cm³/mol. The van der Waals surface area contributed by atoms with Gasteiger partial charge in [0.25, 0.3) is 0 Å². The highest BCUT2D eigenvalue weighted by Gasteiger charge is 2.17. The lowest BCUT2D eigenvalue weighted by Crippen LogP contribution is -2.04. The van der Waals surface area contributed by atoms with Crippen LogP contribution in [0.25, 0.3) is 5.52 Å².